The van der Waals surface area contributed by atoms with Crippen LogP contribution in [-0.4, -0.2) is 30.6 Å². The summed E-state index contributed by atoms with van der Waals surface area (Å²) in [5.41, 5.74) is 0.985. The van der Waals surface area contributed by atoms with Crippen LogP contribution < -0.4 is 10.1 Å². The van der Waals surface area contributed by atoms with E-state index in [1.807, 2.05) is 0 Å². The van der Waals surface area contributed by atoms with Crippen LogP contribution in [0.25, 0.3) is 0 Å². The molecule has 2 aromatic rings. The minimum atomic E-state index is -1.01. The van der Waals surface area contributed by atoms with Crippen LogP contribution in [0.2, 0.25) is 0 Å². The normalized spacial score (nSPS) is 10.3. The Labute approximate surface area is 127 Å². The molecule has 0 saturated heterocycles. The molecule has 1 aromatic heterocycles. The molecule has 2 N–H and O–H groups in total. The van der Waals surface area contributed by atoms with Crippen molar-refractivity contribution in [1.29, 1.82) is 0 Å². The highest BCUT2D eigenvalue weighted by Gasteiger charge is 2.11. The predicted octanol–water partition coefficient (Wildman–Crippen LogP) is 2.27. The molecule has 0 aliphatic rings. The molecule has 1 aromatic carbocycles. The Kier molecular flexibility index (Phi) is 4.83. The van der Waals surface area contributed by atoms with Gasteiger partial charge in [0.15, 0.2) is 5.76 Å². The zero-order valence-corrected chi connectivity index (χ0v) is 12.4. The first-order valence-corrected chi connectivity index (χ1v) is 6.76. The zero-order valence-electron chi connectivity index (χ0n) is 12.4. The lowest BCUT2D eigenvalue weighted by molar-refractivity contribution is 0.0696. The van der Waals surface area contributed by atoms with Crippen LogP contribution in [0.5, 0.6) is 5.75 Å². The van der Waals surface area contributed by atoms with Crippen LogP contribution in [0.15, 0.2) is 34.7 Å². The number of carboxylic acid groups (broad SMARTS) is 1. The summed E-state index contributed by atoms with van der Waals surface area (Å²) in [6.45, 7) is 2.16. The van der Waals surface area contributed by atoms with Gasteiger partial charge in [0.1, 0.15) is 11.5 Å². The lowest BCUT2D eigenvalue weighted by atomic mass is 10.1. The summed E-state index contributed by atoms with van der Waals surface area (Å²) < 4.78 is 10.4. The van der Waals surface area contributed by atoms with Crippen molar-refractivity contribution in [2.45, 2.75) is 13.3 Å². The number of hydrogen-bond acceptors (Lipinski definition) is 4. The molecule has 6 heteroatoms. The number of carbonyl (C=O) groups excluding carboxylic acids is 1. The van der Waals surface area contributed by atoms with Gasteiger partial charge >= 0.3 is 5.97 Å². The molecule has 0 bridgehead atoms. The van der Waals surface area contributed by atoms with E-state index in [0.717, 1.165) is 5.56 Å². The van der Waals surface area contributed by atoms with Gasteiger partial charge in [-0.2, -0.15) is 0 Å². The van der Waals surface area contributed by atoms with Gasteiger partial charge in [0.2, 0.25) is 0 Å². The highest BCUT2D eigenvalue weighted by atomic mass is 16.5. The average molecular weight is 303 g/mol. The Morgan fingerprint density at radius 1 is 1.27 bits per heavy atom. The third-order valence-electron chi connectivity index (χ3n) is 3.18. The van der Waals surface area contributed by atoms with E-state index >= 15 is 0 Å². The molecule has 0 saturated carbocycles. The Balaban J connectivity index is 1.96. The summed E-state index contributed by atoms with van der Waals surface area (Å²) in [5, 5.41) is 11.7. The topological polar surface area (TPSA) is 88.8 Å². The molecule has 0 aliphatic heterocycles. The molecule has 1 heterocycles. The maximum atomic E-state index is 11.8. The van der Waals surface area contributed by atoms with E-state index in [2.05, 4.69) is 5.32 Å². The number of furan rings is 1. The van der Waals surface area contributed by atoms with Crippen LogP contribution in [0, 0.1) is 6.92 Å². The average Bonchev–Trinajstić information content (AvgIpc) is 2.93. The van der Waals surface area contributed by atoms with Gasteiger partial charge in [-0.05, 0) is 43.2 Å². The summed E-state index contributed by atoms with van der Waals surface area (Å²) >= 11 is 0. The van der Waals surface area contributed by atoms with Crippen molar-refractivity contribution in [3.8, 4) is 5.75 Å². The number of ether oxygens (including phenoxy) is 1. The molecule has 22 heavy (non-hydrogen) atoms. The van der Waals surface area contributed by atoms with Crippen molar-refractivity contribution in [3.05, 3.63) is 53.0 Å². The number of aromatic carboxylic acids is 1. The SMILES string of the molecule is COc1cc(C(=O)O)ccc1CCNC(=O)c1ccc(C)o1. The van der Waals surface area contributed by atoms with E-state index < -0.39 is 5.97 Å². The highest BCUT2D eigenvalue weighted by Crippen LogP contribution is 2.20. The van der Waals surface area contributed by atoms with Crippen LogP contribution in [0.1, 0.15) is 32.2 Å². The van der Waals surface area contributed by atoms with Crippen molar-refractivity contribution in [3.63, 3.8) is 0 Å². The number of methoxy groups -OCH3 is 1. The quantitative estimate of drug-likeness (QED) is 0.854. The Morgan fingerprint density at radius 3 is 2.64 bits per heavy atom. The van der Waals surface area contributed by atoms with E-state index in [9.17, 15) is 9.59 Å². The first kappa shape index (κ1) is 15.6. The summed E-state index contributed by atoms with van der Waals surface area (Å²) in [6.07, 6.45) is 0.522. The number of benzene rings is 1. The predicted molar refractivity (Wildman–Crippen MR) is 79.4 cm³/mol. The number of carbonyl (C=O) groups is 2. The molecular formula is C16H17NO5. The van der Waals surface area contributed by atoms with Crippen LogP contribution in [0.4, 0.5) is 0 Å². The lowest BCUT2D eigenvalue weighted by Crippen LogP contribution is -2.25. The molecule has 2 rings (SSSR count). The van der Waals surface area contributed by atoms with Gasteiger partial charge in [-0.1, -0.05) is 6.07 Å². The second-order valence-corrected chi connectivity index (χ2v) is 4.75. The van der Waals surface area contributed by atoms with E-state index in [-0.39, 0.29) is 17.2 Å². The van der Waals surface area contributed by atoms with Gasteiger partial charge in [-0.25, -0.2) is 4.79 Å². The largest absolute Gasteiger partial charge is 0.496 e. The highest BCUT2D eigenvalue weighted by molar-refractivity contribution is 5.91. The Hall–Kier alpha value is -2.76. The Bertz CT molecular complexity index is 690. The number of carboxylic acids is 1. The van der Waals surface area contributed by atoms with Crippen LogP contribution >= 0.6 is 0 Å². The van der Waals surface area contributed by atoms with Gasteiger partial charge in [-0.15, -0.1) is 0 Å². The maximum Gasteiger partial charge on any atom is 0.335 e. The first-order valence-electron chi connectivity index (χ1n) is 6.76. The van der Waals surface area contributed by atoms with Crippen molar-refractivity contribution in [2.75, 3.05) is 13.7 Å². The van der Waals surface area contributed by atoms with Crippen LogP contribution in [0.3, 0.4) is 0 Å². The minimum absolute atomic E-state index is 0.163. The summed E-state index contributed by atoms with van der Waals surface area (Å²) in [6, 6.07) is 8.01. The number of nitrogens with one attached hydrogen (secondary N) is 1. The summed E-state index contributed by atoms with van der Waals surface area (Å²) in [5.74, 6) is 0.144. The fraction of sp³-hybridized carbons (Fsp3) is 0.250. The van der Waals surface area contributed by atoms with Crippen molar-refractivity contribution in [2.24, 2.45) is 0 Å². The summed E-state index contributed by atoms with van der Waals surface area (Å²) in [7, 11) is 1.48. The number of amides is 1. The monoisotopic (exact) mass is 303 g/mol. The third kappa shape index (κ3) is 3.66. The molecule has 0 unspecified atom stereocenters. The van der Waals surface area contributed by atoms with E-state index in [4.69, 9.17) is 14.3 Å². The van der Waals surface area contributed by atoms with Gasteiger partial charge < -0.3 is 19.6 Å². The molecule has 0 radical (unpaired) electrons. The molecule has 0 spiro atoms. The van der Waals surface area contributed by atoms with Crippen molar-refractivity contribution < 1.29 is 23.8 Å². The standard InChI is InChI=1S/C16H17NO5/c1-10-3-6-13(22-10)15(18)17-8-7-11-4-5-12(16(19)20)9-14(11)21-2/h3-6,9H,7-8H2,1-2H3,(H,17,18)(H,19,20). The lowest BCUT2D eigenvalue weighted by Gasteiger charge is -2.10. The number of aryl methyl sites for hydroxylation is 1. The molecule has 116 valence electrons. The van der Waals surface area contributed by atoms with E-state index in [0.29, 0.717) is 24.5 Å². The fourth-order valence-electron chi connectivity index (χ4n) is 2.04. The molecule has 6 nitrogen and oxygen atoms in total. The third-order valence-corrected chi connectivity index (χ3v) is 3.18. The molecule has 1 amide bonds. The Morgan fingerprint density at radius 2 is 2.05 bits per heavy atom. The fourth-order valence-corrected chi connectivity index (χ4v) is 2.04. The molecule has 0 atom stereocenters. The zero-order chi connectivity index (χ0) is 16.1. The summed E-state index contributed by atoms with van der Waals surface area (Å²) in [4.78, 5) is 22.8. The van der Waals surface area contributed by atoms with Crippen molar-refractivity contribution >= 4 is 11.9 Å². The van der Waals surface area contributed by atoms with Gasteiger partial charge in [0.05, 0.1) is 12.7 Å². The molecule has 0 fully saturated rings. The number of rotatable bonds is 6. The number of hydrogen-bond donors (Lipinski definition) is 2. The van der Waals surface area contributed by atoms with Gasteiger partial charge in [0.25, 0.3) is 5.91 Å². The van der Waals surface area contributed by atoms with Crippen molar-refractivity contribution in [1.82, 2.24) is 5.32 Å². The molecule has 0 aliphatic carbocycles. The van der Waals surface area contributed by atoms with Crippen LogP contribution in [-0.2, 0) is 6.42 Å². The molecular weight excluding hydrogens is 286 g/mol. The second kappa shape index (κ2) is 6.80. The maximum absolute atomic E-state index is 11.8. The van der Waals surface area contributed by atoms with Gasteiger partial charge in [-0.3, -0.25) is 4.79 Å². The van der Waals surface area contributed by atoms with E-state index in [1.165, 1.54) is 19.2 Å². The second-order valence-electron chi connectivity index (χ2n) is 4.75. The van der Waals surface area contributed by atoms with E-state index in [1.54, 1.807) is 25.1 Å². The minimum Gasteiger partial charge on any atom is -0.496 e. The van der Waals surface area contributed by atoms with Gasteiger partial charge in [0, 0.05) is 6.54 Å². The first-order chi connectivity index (χ1) is 10.5. The smallest absolute Gasteiger partial charge is 0.335 e.